The molecule has 0 spiro atoms. The van der Waals surface area contributed by atoms with Crippen LogP contribution in [0.3, 0.4) is 0 Å². The number of ether oxygens (including phenoxy) is 1. The van der Waals surface area contributed by atoms with Crippen molar-refractivity contribution >= 4 is 22.0 Å². The van der Waals surface area contributed by atoms with Gasteiger partial charge in [0, 0.05) is 23.9 Å². The third kappa shape index (κ3) is 4.37. The second kappa shape index (κ2) is 8.59. The molecule has 3 unspecified atom stereocenters. The minimum absolute atomic E-state index is 0.0430. The monoisotopic (exact) mass is 451 g/mol. The molecule has 0 bridgehead atoms. The molecule has 2 N–H and O–H groups in total. The van der Waals surface area contributed by atoms with E-state index >= 15 is 0 Å². The first-order chi connectivity index (χ1) is 13.3. The summed E-state index contributed by atoms with van der Waals surface area (Å²) in [6.07, 6.45) is -1.09. The molecule has 0 aliphatic carbocycles. The number of hydrogen-bond donors (Lipinski definition) is 2. The maximum Gasteiger partial charge on any atom is 0.411 e. The summed E-state index contributed by atoms with van der Waals surface area (Å²) in [6.45, 7) is 1.89. The summed E-state index contributed by atoms with van der Waals surface area (Å²) in [5, 5.41) is 19.3. The molecule has 150 valence electrons. The lowest BCUT2D eigenvalue weighted by Crippen LogP contribution is -2.50. The molecule has 1 aliphatic heterocycles. The molecule has 1 fully saturated rings. The van der Waals surface area contributed by atoms with Gasteiger partial charge < -0.3 is 19.8 Å². The van der Waals surface area contributed by atoms with Crippen LogP contribution in [0, 0.1) is 5.82 Å². The minimum atomic E-state index is -1.11. The summed E-state index contributed by atoms with van der Waals surface area (Å²) < 4.78 is 20.2. The maximum absolute atomic E-state index is 13.4. The quantitative estimate of drug-likeness (QED) is 0.692. The third-order valence-corrected chi connectivity index (χ3v) is 5.77. The van der Waals surface area contributed by atoms with Crippen molar-refractivity contribution in [3.05, 3.63) is 69.9 Å². The van der Waals surface area contributed by atoms with Crippen molar-refractivity contribution in [2.75, 3.05) is 13.2 Å². The van der Waals surface area contributed by atoms with Crippen LogP contribution in [0.4, 0.5) is 9.18 Å². The number of carbonyl (C=O) groups excluding carboxylic acids is 1. The molecule has 1 heterocycles. The van der Waals surface area contributed by atoms with Crippen molar-refractivity contribution < 1.29 is 24.1 Å². The molecule has 2 aromatic rings. The molecule has 7 heteroatoms. The van der Waals surface area contributed by atoms with Crippen molar-refractivity contribution in [1.82, 2.24) is 4.90 Å². The van der Waals surface area contributed by atoms with E-state index in [2.05, 4.69) is 15.9 Å². The lowest BCUT2D eigenvalue weighted by Gasteiger charge is -2.44. The van der Waals surface area contributed by atoms with Gasteiger partial charge in [-0.3, -0.25) is 0 Å². The zero-order valence-electron chi connectivity index (χ0n) is 15.5. The minimum Gasteiger partial charge on any atom is -0.438 e. The molecule has 1 saturated heterocycles. The molecular weight excluding hydrogens is 429 g/mol. The lowest BCUT2D eigenvalue weighted by atomic mass is 9.83. The molecule has 0 saturated carbocycles. The fraction of sp³-hybridized carbons (Fsp3) is 0.381. The van der Waals surface area contributed by atoms with Crippen LogP contribution in [0.5, 0.6) is 0 Å². The van der Waals surface area contributed by atoms with Crippen LogP contribution >= 0.6 is 15.9 Å². The predicted molar refractivity (Wildman–Crippen MR) is 106 cm³/mol. The van der Waals surface area contributed by atoms with Gasteiger partial charge in [-0.15, -0.1) is 0 Å². The number of cyclic esters (lactones) is 1. The van der Waals surface area contributed by atoms with Gasteiger partial charge >= 0.3 is 6.09 Å². The van der Waals surface area contributed by atoms with E-state index in [1.54, 1.807) is 17.0 Å². The summed E-state index contributed by atoms with van der Waals surface area (Å²) in [4.78, 5) is 14.5. The first kappa shape index (κ1) is 20.8. The van der Waals surface area contributed by atoms with Crippen LogP contribution in [0.1, 0.15) is 36.9 Å². The van der Waals surface area contributed by atoms with Crippen molar-refractivity contribution in [2.24, 2.45) is 0 Å². The highest BCUT2D eigenvalue weighted by Gasteiger charge is 2.44. The Labute approximate surface area is 171 Å². The highest BCUT2D eigenvalue weighted by atomic mass is 79.9. The van der Waals surface area contributed by atoms with Crippen LogP contribution in [-0.4, -0.2) is 40.5 Å². The molecule has 5 nitrogen and oxygen atoms in total. The Hall–Kier alpha value is -1.96. The van der Waals surface area contributed by atoms with Gasteiger partial charge in [-0.2, -0.15) is 0 Å². The van der Waals surface area contributed by atoms with Crippen molar-refractivity contribution in [3.8, 4) is 0 Å². The number of hydrogen-bond acceptors (Lipinski definition) is 4. The van der Waals surface area contributed by atoms with Crippen molar-refractivity contribution in [2.45, 2.75) is 37.5 Å². The molecule has 2 aromatic carbocycles. The van der Waals surface area contributed by atoms with Gasteiger partial charge in [-0.25, -0.2) is 9.18 Å². The van der Waals surface area contributed by atoms with E-state index in [0.717, 1.165) is 10.0 Å². The summed E-state index contributed by atoms with van der Waals surface area (Å²) in [5.41, 5.74) is 0.471. The summed E-state index contributed by atoms with van der Waals surface area (Å²) in [5.74, 6) is -0.394. The van der Waals surface area contributed by atoms with Crippen LogP contribution in [-0.2, 0) is 10.3 Å². The Balaban J connectivity index is 1.84. The van der Waals surface area contributed by atoms with Gasteiger partial charge in [-0.05, 0) is 42.3 Å². The fourth-order valence-corrected chi connectivity index (χ4v) is 3.87. The number of aliphatic hydroxyl groups excluding tert-OH is 2. The largest absolute Gasteiger partial charge is 0.438 e. The topological polar surface area (TPSA) is 70.0 Å². The SMILES string of the molecule is CC(c1ccc(Br)cc1)N1CCC(CC(O)CO)(c2ccc(F)cc2)OC1=O. The fourth-order valence-electron chi connectivity index (χ4n) is 3.61. The zero-order valence-corrected chi connectivity index (χ0v) is 17.1. The zero-order chi connectivity index (χ0) is 20.3. The average molecular weight is 452 g/mol. The van der Waals surface area contributed by atoms with E-state index in [4.69, 9.17) is 4.74 Å². The molecule has 0 aromatic heterocycles. The molecule has 1 aliphatic rings. The van der Waals surface area contributed by atoms with E-state index in [0.29, 0.717) is 18.5 Å². The van der Waals surface area contributed by atoms with Gasteiger partial charge in [0.05, 0.1) is 18.8 Å². The Morgan fingerprint density at radius 3 is 2.43 bits per heavy atom. The standard InChI is InChI=1S/C21H23BrFNO4/c1-14(15-2-6-17(22)7-3-15)24-11-10-21(28-20(24)27,12-19(26)13-25)16-4-8-18(23)9-5-16/h2-9,14,19,25-26H,10-13H2,1H3. The van der Waals surface area contributed by atoms with Gasteiger partial charge in [0.2, 0.25) is 0 Å². The molecule has 28 heavy (non-hydrogen) atoms. The molecule has 3 atom stereocenters. The Bertz CT molecular complexity index is 814. The number of rotatable bonds is 6. The second-order valence-corrected chi connectivity index (χ2v) is 8.00. The maximum atomic E-state index is 13.4. The van der Waals surface area contributed by atoms with Gasteiger partial charge in [-0.1, -0.05) is 40.2 Å². The van der Waals surface area contributed by atoms with Gasteiger partial charge in [0.15, 0.2) is 0 Å². The van der Waals surface area contributed by atoms with Crippen molar-refractivity contribution in [3.63, 3.8) is 0 Å². The van der Waals surface area contributed by atoms with Gasteiger partial charge in [0.1, 0.15) is 11.4 Å². The first-order valence-electron chi connectivity index (χ1n) is 9.15. The molecule has 3 rings (SSSR count). The molecule has 1 amide bonds. The number of carbonyl (C=O) groups is 1. The van der Waals surface area contributed by atoms with Crippen LogP contribution in [0.2, 0.25) is 0 Å². The Morgan fingerprint density at radius 2 is 1.86 bits per heavy atom. The van der Waals surface area contributed by atoms with E-state index < -0.39 is 30.2 Å². The normalized spacial score (nSPS) is 21.9. The number of aliphatic hydroxyl groups is 2. The van der Waals surface area contributed by atoms with Gasteiger partial charge in [0.25, 0.3) is 0 Å². The molecular formula is C21H23BrFNO4. The van der Waals surface area contributed by atoms with E-state index in [1.807, 2.05) is 31.2 Å². The van der Waals surface area contributed by atoms with E-state index in [9.17, 15) is 19.4 Å². The Kier molecular flexibility index (Phi) is 6.37. The number of amides is 1. The Morgan fingerprint density at radius 1 is 1.21 bits per heavy atom. The van der Waals surface area contributed by atoms with Crippen LogP contribution in [0.15, 0.2) is 53.0 Å². The average Bonchev–Trinajstić information content (AvgIpc) is 2.68. The lowest BCUT2D eigenvalue weighted by molar-refractivity contribution is -0.0892. The second-order valence-electron chi connectivity index (χ2n) is 7.08. The van der Waals surface area contributed by atoms with Crippen LogP contribution < -0.4 is 0 Å². The number of halogens is 2. The van der Waals surface area contributed by atoms with Crippen molar-refractivity contribution in [1.29, 1.82) is 0 Å². The number of nitrogens with zero attached hydrogens (tertiary/aromatic N) is 1. The highest BCUT2D eigenvalue weighted by Crippen LogP contribution is 2.40. The first-order valence-corrected chi connectivity index (χ1v) is 9.94. The van der Waals surface area contributed by atoms with E-state index in [1.165, 1.54) is 12.1 Å². The molecule has 0 radical (unpaired) electrons. The summed E-state index contributed by atoms with van der Waals surface area (Å²) in [7, 11) is 0. The highest BCUT2D eigenvalue weighted by molar-refractivity contribution is 9.10. The number of benzene rings is 2. The smallest absolute Gasteiger partial charge is 0.411 e. The van der Waals surface area contributed by atoms with Crippen LogP contribution in [0.25, 0.3) is 0 Å². The summed E-state index contributed by atoms with van der Waals surface area (Å²) in [6, 6.07) is 13.2. The van der Waals surface area contributed by atoms with E-state index in [-0.39, 0.29) is 12.5 Å². The third-order valence-electron chi connectivity index (χ3n) is 5.24. The predicted octanol–water partition coefficient (Wildman–Crippen LogP) is 4.13. The summed E-state index contributed by atoms with van der Waals surface area (Å²) >= 11 is 3.40.